The molecule has 0 saturated heterocycles. The first-order valence-electron chi connectivity index (χ1n) is 7.32. The molecular weight excluding hydrogens is 350 g/mol. The molecule has 2 aromatic rings. The third kappa shape index (κ3) is 4.15. The predicted octanol–water partition coefficient (Wildman–Crippen LogP) is 2.46. The second kappa shape index (κ2) is 7.63. The van der Waals surface area contributed by atoms with Crippen molar-refractivity contribution in [1.29, 1.82) is 0 Å². The Balaban J connectivity index is 2.27. The van der Waals surface area contributed by atoms with Gasteiger partial charge >= 0.3 is 0 Å². The number of hydrogen-bond donors (Lipinski definition) is 2. The van der Waals surface area contributed by atoms with Crippen LogP contribution < -0.4 is 4.72 Å². The molecule has 0 spiro atoms. The number of halogens is 1. The zero-order valence-electron chi connectivity index (χ0n) is 13.5. The zero-order chi connectivity index (χ0) is 17.8. The van der Waals surface area contributed by atoms with Crippen molar-refractivity contribution in [2.45, 2.75) is 17.4 Å². The molecule has 7 heteroatoms. The Bertz CT molecular complexity index is 795. The van der Waals surface area contributed by atoms with Crippen LogP contribution >= 0.6 is 11.6 Å². The molecule has 2 rings (SSSR count). The van der Waals surface area contributed by atoms with E-state index in [1.165, 1.54) is 13.2 Å². The molecule has 2 N–H and O–H groups in total. The number of sulfonamides is 1. The van der Waals surface area contributed by atoms with E-state index in [4.69, 9.17) is 16.3 Å². The molecule has 24 heavy (non-hydrogen) atoms. The van der Waals surface area contributed by atoms with Gasteiger partial charge in [-0.05, 0) is 30.2 Å². The number of benzene rings is 2. The third-order valence-corrected chi connectivity index (χ3v) is 5.71. The van der Waals surface area contributed by atoms with Gasteiger partial charge in [-0.15, -0.1) is 0 Å². The summed E-state index contributed by atoms with van der Waals surface area (Å²) >= 11 is 5.99. The SMILES string of the molecule is COC[C@](O)(CNS(=O)(=O)c1cccc(Cl)c1C)c1ccccc1. The van der Waals surface area contributed by atoms with Gasteiger partial charge in [0.25, 0.3) is 0 Å². The Kier molecular flexibility index (Phi) is 6.01. The molecule has 0 fully saturated rings. The minimum atomic E-state index is -3.82. The van der Waals surface area contributed by atoms with Crippen molar-refractivity contribution in [3.63, 3.8) is 0 Å². The van der Waals surface area contributed by atoms with Gasteiger partial charge in [0.05, 0.1) is 11.5 Å². The minimum Gasteiger partial charge on any atom is -0.381 e. The smallest absolute Gasteiger partial charge is 0.240 e. The van der Waals surface area contributed by atoms with Gasteiger partial charge in [-0.3, -0.25) is 0 Å². The van der Waals surface area contributed by atoms with Crippen molar-refractivity contribution in [1.82, 2.24) is 4.72 Å². The average molecular weight is 370 g/mol. The molecule has 5 nitrogen and oxygen atoms in total. The quantitative estimate of drug-likeness (QED) is 0.786. The number of hydrogen-bond acceptors (Lipinski definition) is 4. The van der Waals surface area contributed by atoms with E-state index in [9.17, 15) is 13.5 Å². The summed E-state index contributed by atoms with van der Waals surface area (Å²) in [6, 6.07) is 13.5. The molecule has 0 aliphatic carbocycles. The van der Waals surface area contributed by atoms with E-state index in [-0.39, 0.29) is 18.0 Å². The molecule has 0 bridgehead atoms. The van der Waals surface area contributed by atoms with E-state index in [1.807, 2.05) is 6.07 Å². The molecule has 0 unspecified atom stereocenters. The highest BCUT2D eigenvalue weighted by Gasteiger charge is 2.31. The van der Waals surface area contributed by atoms with Crippen molar-refractivity contribution >= 4 is 21.6 Å². The highest BCUT2D eigenvalue weighted by molar-refractivity contribution is 7.89. The fourth-order valence-electron chi connectivity index (χ4n) is 2.39. The van der Waals surface area contributed by atoms with Gasteiger partial charge in [-0.2, -0.15) is 0 Å². The third-order valence-electron chi connectivity index (χ3n) is 3.76. The molecule has 0 radical (unpaired) electrons. The summed E-state index contributed by atoms with van der Waals surface area (Å²) in [5.74, 6) is 0. The topological polar surface area (TPSA) is 75.6 Å². The predicted molar refractivity (Wildman–Crippen MR) is 93.6 cm³/mol. The van der Waals surface area contributed by atoms with Gasteiger partial charge in [0.2, 0.25) is 10.0 Å². The molecule has 130 valence electrons. The normalized spacial score (nSPS) is 14.3. The van der Waals surface area contributed by atoms with Crippen LogP contribution in [0.4, 0.5) is 0 Å². The Morgan fingerprint density at radius 3 is 2.46 bits per heavy atom. The maximum Gasteiger partial charge on any atom is 0.240 e. The Morgan fingerprint density at radius 1 is 1.17 bits per heavy atom. The summed E-state index contributed by atoms with van der Waals surface area (Å²) in [5, 5.41) is 11.2. The standard InChI is InChI=1S/C17H20ClNO4S/c1-13-15(18)9-6-10-16(13)24(21,22)19-11-17(20,12-23-2)14-7-4-3-5-8-14/h3-10,19-20H,11-12H2,1-2H3/t17-/m1/s1. The van der Waals surface area contributed by atoms with Gasteiger partial charge < -0.3 is 9.84 Å². The Hall–Kier alpha value is -1.44. The fraction of sp³-hybridized carbons (Fsp3) is 0.294. The molecule has 2 aromatic carbocycles. The van der Waals surface area contributed by atoms with Crippen LogP contribution in [0.3, 0.4) is 0 Å². The Morgan fingerprint density at radius 2 is 1.83 bits per heavy atom. The van der Waals surface area contributed by atoms with Crippen molar-refractivity contribution in [2.24, 2.45) is 0 Å². The number of aliphatic hydroxyl groups is 1. The maximum atomic E-state index is 12.6. The molecule has 0 aromatic heterocycles. The lowest BCUT2D eigenvalue weighted by Crippen LogP contribution is -2.44. The van der Waals surface area contributed by atoms with Crippen LogP contribution in [0.5, 0.6) is 0 Å². The van der Waals surface area contributed by atoms with E-state index < -0.39 is 15.6 Å². The molecule has 1 atom stereocenters. The van der Waals surface area contributed by atoms with Crippen molar-refractivity contribution in [3.8, 4) is 0 Å². The van der Waals surface area contributed by atoms with Crippen molar-refractivity contribution in [2.75, 3.05) is 20.3 Å². The summed E-state index contributed by atoms with van der Waals surface area (Å²) in [6.45, 7) is 1.36. The number of nitrogens with one attached hydrogen (secondary N) is 1. The van der Waals surface area contributed by atoms with Crippen LogP contribution in [-0.4, -0.2) is 33.8 Å². The van der Waals surface area contributed by atoms with Crippen molar-refractivity contribution < 1.29 is 18.3 Å². The molecule has 0 aliphatic heterocycles. The van der Waals surface area contributed by atoms with E-state index >= 15 is 0 Å². The molecule has 0 saturated carbocycles. The van der Waals surface area contributed by atoms with Gasteiger partial charge in [0.1, 0.15) is 5.60 Å². The van der Waals surface area contributed by atoms with Gasteiger partial charge in [0.15, 0.2) is 0 Å². The molecule has 0 heterocycles. The number of rotatable bonds is 7. The first-order valence-corrected chi connectivity index (χ1v) is 9.18. The lowest BCUT2D eigenvalue weighted by Gasteiger charge is -2.28. The fourth-order valence-corrected chi connectivity index (χ4v) is 3.98. The van der Waals surface area contributed by atoms with Crippen LogP contribution in [0.1, 0.15) is 11.1 Å². The van der Waals surface area contributed by atoms with Gasteiger partial charge in [-0.25, -0.2) is 13.1 Å². The van der Waals surface area contributed by atoms with E-state index in [0.29, 0.717) is 16.1 Å². The van der Waals surface area contributed by atoms with E-state index in [2.05, 4.69) is 4.72 Å². The van der Waals surface area contributed by atoms with Crippen LogP contribution in [-0.2, 0) is 20.4 Å². The summed E-state index contributed by atoms with van der Waals surface area (Å²) in [6.07, 6.45) is 0. The van der Waals surface area contributed by atoms with Crippen LogP contribution in [0.15, 0.2) is 53.4 Å². The lowest BCUT2D eigenvalue weighted by atomic mass is 9.95. The monoisotopic (exact) mass is 369 g/mol. The number of methoxy groups -OCH3 is 1. The van der Waals surface area contributed by atoms with Crippen LogP contribution in [0.2, 0.25) is 5.02 Å². The first-order chi connectivity index (χ1) is 11.3. The molecular formula is C17H20ClNO4S. The number of ether oxygens (including phenoxy) is 1. The van der Waals surface area contributed by atoms with Gasteiger partial charge in [0, 0.05) is 18.7 Å². The largest absolute Gasteiger partial charge is 0.381 e. The average Bonchev–Trinajstić information content (AvgIpc) is 2.56. The van der Waals surface area contributed by atoms with Gasteiger partial charge in [-0.1, -0.05) is 48.0 Å². The highest BCUT2D eigenvalue weighted by Crippen LogP contribution is 2.25. The molecule has 0 amide bonds. The van der Waals surface area contributed by atoms with E-state index in [1.54, 1.807) is 43.3 Å². The Labute approximate surface area is 147 Å². The minimum absolute atomic E-state index is 0.0476. The van der Waals surface area contributed by atoms with E-state index in [0.717, 1.165) is 0 Å². The second-order valence-electron chi connectivity index (χ2n) is 5.52. The highest BCUT2D eigenvalue weighted by atomic mass is 35.5. The summed E-state index contributed by atoms with van der Waals surface area (Å²) < 4.78 is 32.7. The second-order valence-corrected chi connectivity index (χ2v) is 7.66. The maximum absolute atomic E-state index is 12.6. The zero-order valence-corrected chi connectivity index (χ0v) is 15.1. The summed E-state index contributed by atoms with van der Waals surface area (Å²) in [5.41, 5.74) is -0.450. The lowest BCUT2D eigenvalue weighted by molar-refractivity contribution is -0.0310. The molecule has 0 aliphatic rings. The summed E-state index contributed by atoms with van der Waals surface area (Å²) in [7, 11) is -2.38. The van der Waals surface area contributed by atoms with Crippen LogP contribution in [0, 0.1) is 6.92 Å². The summed E-state index contributed by atoms with van der Waals surface area (Å²) in [4.78, 5) is 0.0860. The van der Waals surface area contributed by atoms with Crippen LogP contribution in [0.25, 0.3) is 0 Å². The first kappa shape index (κ1) is 18.9. The van der Waals surface area contributed by atoms with Crippen molar-refractivity contribution in [3.05, 3.63) is 64.7 Å².